The molecule has 0 spiro atoms. The molecule has 0 saturated heterocycles. The molecule has 0 bridgehead atoms. The second-order valence-corrected chi connectivity index (χ2v) is 10.5. The van der Waals surface area contributed by atoms with E-state index in [-0.39, 0.29) is 59.9 Å². The average Bonchev–Trinajstić information content (AvgIpc) is 3.26. The molecule has 0 radical (unpaired) electrons. The van der Waals surface area contributed by atoms with E-state index in [0.29, 0.717) is 35.8 Å². The van der Waals surface area contributed by atoms with Crippen LogP contribution in [0.4, 0.5) is 4.39 Å². The molecule has 3 aromatic rings. The third kappa shape index (κ3) is 9.24. The Morgan fingerprint density at radius 1 is 0.950 bits per heavy atom. The van der Waals surface area contributed by atoms with Gasteiger partial charge in [-0.05, 0) is 66.5 Å². The van der Waals surface area contributed by atoms with E-state index in [1.165, 1.54) is 17.7 Å². The first kappa shape index (κ1) is 33.6. The van der Waals surface area contributed by atoms with E-state index < -0.39 is 30.4 Å². The van der Waals surface area contributed by atoms with Crippen LogP contribution in [0, 0.1) is 5.82 Å². The van der Waals surface area contributed by atoms with Gasteiger partial charge in [-0.15, -0.1) is 0 Å². The minimum absolute atomic E-state index is 0. The van der Waals surface area contributed by atoms with Crippen molar-refractivity contribution in [3.8, 4) is 5.69 Å². The number of aliphatic hydroxyl groups is 2. The van der Waals surface area contributed by atoms with Gasteiger partial charge in [-0.3, -0.25) is 9.59 Å². The van der Waals surface area contributed by atoms with Gasteiger partial charge in [0.25, 0.3) is 5.91 Å². The molecule has 10 heteroatoms. The SMILES string of the molecule is CC(C)c1ccc(CNC(=O)c2nn(-c3ccc(F)cc3)c(CC[C@@H](O)C[C@@H](O)CC(=O)O)c2C(C)C)cc1.[NaH]. The van der Waals surface area contributed by atoms with Gasteiger partial charge in [0.15, 0.2) is 5.69 Å². The molecule has 212 valence electrons. The predicted molar refractivity (Wildman–Crippen MR) is 154 cm³/mol. The van der Waals surface area contributed by atoms with Crippen molar-refractivity contribution >= 4 is 41.4 Å². The van der Waals surface area contributed by atoms with E-state index in [1.807, 2.05) is 38.1 Å². The molecule has 0 aliphatic carbocycles. The number of aliphatic carboxylic acids is 1. The first-order valence-corrected chi connectivity index (χ1v) is 13.3. The topological polar surface area (TPSA) is 125 Å². The number of rotatable bonds is 13. The van der Waals surface area contributed by atoms with Gasteiger partial charge in [0.05, 0.1) is 24.3 Å². The van der Waals surface area contributed by atoms with Gasteiger partial charge in [-0.1, -0.05) is 52.0 Å². The first-order chi connectivity index (χ1) is 18.5. The number of nitrogens with zero attached hydrogens (tertiary/aromatic N) is 2. The van der Waals surface area contributed by atoms with Crippen LogP contribution in [-0.2, 0) is 17.8 Å². The van der Waals surface area contributed by atoms with Crippen LogP contribution in [0.15, 0.2) is 48.5 Å². The Kier molecular flexibility index (Phi) is 13.0. The summed E-state index contributed by atoms with van der Waals surface area (Å²) in [6, 6.07) is 13.8. The zero-order chi connectivity index (χ0) is 28.7. The summed E-state index contributed by atoms with van der Waals surface area (Å²) in [5.41, 5.74) is 4.40. The predicted octanol–water partition coefficient (Wildman–Crippen LogP) is 4.06. The van der Waals surface area contributed by atoms with E-state index >= 15 is 0 Å². The number of nitrogens with one attached hydrogen (secondary N) is 1. The Hall–Kier alpha value is -2.56. The number of carboxylic acid groups (broad SMARTS) is 1. The Labute approximate surface area is 256 Å². The number of hydrogen-bond donors (Lipinski definition) is 4. The van der Waals surface area contributed by atoms with Crippen molar-refractivity contribution in [2.24, 2.45) is 0 Å². The zero-order valence-corrected chi connectivity index (χ0v) is 22.9. The molecule has 2 aromatic carbocycles. The maximum atomic E-state index is 13.6. The van der Waals surface area contributed by atoms with E-state index in [4.69, 9.17) is 5.11 Å². The summed E-state index contributed by atoms with van der Waals surface area (Å²) < 4.78 is 15.2. The van der Waals surface area contributed by atoms with Crippen molar-refractivity contribution in [3.63, 3.8) is 0 Å². The molecule has 40 heavy (non-hydrogen) atoms. The average molecular weight is 564 g/mol. The molecule has 1 aromatic heterocycles. The summed E-state index contributed by atoms with van der Waals surface area (Å²) in [5, 5.41) is 36.9. The van der Waals surface area contributed by atoms with Crippen LogP contribution in [0.2, 0.25) is 0 Å². The number of halogens is 1. The minimum atomic E-state index is -1.17. The van der Waals surface area contributed by atoms with Crippen LogP contribution in [0.25, 0.3) is 5.69 Å². The fourth-order valence-electron chi connectivity index (χ4n) is 4.58. The number of amides is 1. The summed E-state index contributed by atoms with van der Waals surface area (Å²) in [7, 11) is 0. The fraction of sp³-hybridized carbons (Fsp3) is 0.433. The molecule has 0 aliphatic rings. The monoisotopic (exact) mass is 563 g/mol. The van der Waals surface area contributed by atoms with Gasteiger partial charge in [0.2, 0.25) is 0 Å². The molecule has 0 saturated carbocycles. The number of aliphatic hydroxyl groups excluding tert-OH is 2. The van der Waals surface area contributed by atoms with Crippen LogP contribution < -0.4 is 5.32 Å². The van der Waals surface area contributed by atoms with Gasteiger partial charge in [0, 0.05) is 17.8 Å². The molecule has 4 N–H and O–H groups in total. The van der Waals surface area contributed by atoms with Crippen LogP contribution >= 0.6 is 0 Å². The summed E-state index contributed by atoms with van der Waals surface area (Å²) >= 11 is 0. The first-order valence-electron chi connectivity index (χ1n) is 13.3. The maximum absolute atomic E-state index is 13.6. The van der Waals surface area contributed by atoms with Gasteiger partial charge in [0.1, 0.15) is 5.82 Å². The quantitative estimate of drug-likeness (QED) is 0.233. The van der Waals surface area contributed by atoms with Crippen molar-refractivity contribution in [2.45, 2.75) is 84.0 Å². The molecule has 3 rings (SSSR count). The number of carboxylic acids is 1. The molecule has 0 unspecified atom stereocenters. The number of benzene rings is 2. The summed E-state index contributed by atoms with van der Waals surface area (Å²) in [5.74, 6) is -1.56. The van der Waals surface area contributed by atoms with E-state index in [0.717, 1.165) is 5.56 Å². The van der Waals surface area contributed by atoms with E-state index in [2.05, 4.69) is 24.3 Å². The van der Waals surface area contributed by atoms with E-state index in [9.17, 15) is 24.2 Å². The zero-order valence-electron chi connectivity index (χ0n) is 22.9. The number of carbonyl (C=O) groups excluding carboxylic acids is 1. The number of carbonyl (C=O) groups is 2. The molecule has 2 atom stereocenters. The Bertz CT molecular complexity index is 1260. The van der Waals surface area contributed by atoms with Crippen molar-refractivity contribution in [1.29, 1.82) is 0 Å². The number of aromatic nitrogens is 2. The van der Waals surface area contributed by atoms with Gasteiger partial charge in [-0.2, -0.15) is 5.10 Å². The third-order valence-electron chi connectivity index (χ3n) is 6.65. The Morgan fingerprint density at radius 3 is 2.12 bits per heavy atom. The second-order valence-electron chi connectivity index (χ2n) is 10.5. The van der Waals surface area contributed by atoms with Gasteiger partial charge >= 0.3 is 35.5 Å². The van der Waals surface area contributed by atoms with Gasteiger partial charge in [-0.25, -0.2) is 9.07 Å². The van der Waals surface area contributed by atoms with Crippen LogP contribution in [-0.4, -0.2) is 78.7 Å². The van der Waals surface area contributed by atoms with Crippen molar-refractivity contribution in [3.05, 3.63) is 82.4 Å². The number of hydrogen-bond acceptors (Lipinski definition) is 5. The summed E-state index contributed by atoms with van der Waals surface area (Å²) in [6.45, 7) is 8.47. The Morgan fingerprint density at radius 2 is 1.57 bits per heavy atom. The molecule has 0 fully saturated rings. The molecular weight excluding hydrogens is 524 g/mol. The van der Waals surface area contributed by atoms with Crippen molar-refractivity contribution in [2.75, 3.05) is 0 Å². The van der Waals surface area contributed by atoms with Crippen LogP contribution in [0.3, 0.4) is 0 Å². The normalized spacial score (nSPS) is 12.7. The van der Waals surface area contributed by atoms with Crippen LogP contribution in [0.5, 0.6) is 0 Å². The van der Waals surface area contributed by atoms with Crippen LogP contribution in [0.1, 0.15) is 91.7 Å². The van der Waals surface area contributed by atoms with Gasteiger partial charge < -0.3 is 20.6 Å². The summed E-state index contributed by atoms with van der Waals surface area (Å²) in [4.78, 5) is 24.2. The van der Waals surface area contributed by atoms with Crippen molar-refractivity contribution in [1.82, 2.24) is 15.1 Å². The molecule has 1 amide bonds. The van der Waals surface area contributed by atoms with E-state index in [1.54, 1.807) is 16.8 Å². The fourth-order valence-corrected chi connectivity index (χ4v) is 4.58. The molecule has 8 nitrogen and oxygen atoms in total. The standard InChI is InChI=1S/C30H38FN3O5.Na.H/c1-18(2)21-7-5-20(6-8-21)17-32-30(39)29-28(19(3)4)26(14-13-24(35)15-25(36)16-27(37)38)34(33-29)23-11-9-22(31)10-12-23;;/h5-12,18-19,24-25,35-36H,13-17H2,1-4H3,(H,32,39)(H,37,38);;/t24-,25-;;/m1../s1. The molecule has 0 aliphatic heterocycles. The molecular formula is C30H39FN3NaO5. The summed E-state index contributed by atoms with van der Waals surface area (Å²) in [6.07, 6.45) is -2.14. The second kappa shape index (κ2) is 15.4. The molecule has 1 heterocycles. The van der Waals surface area contributed by atoms with Crippen molar-refractivity contribution < 1.29 is 29.3 Å². The third-order valence-corrected chi connectivity index (χ3v) is 6.65. The Balaban J connectivity index is 0.00000560.